The van der Waals surface area contributed by atoms with E-state index in [4.69, 9.17) is 0 Å². The second-order valence-corrected chi connectivity index (χ2v) is 10.2. The molecular weight excluding hydrogens is 390 g/mol. The van der Waals surface area contributed by atoms with E-state index in [0.29, 0.717) is 18.9 Å². The topological polar surface area (TPSA) is 90.4 Å². The number of fused-ring (bicyclic) bond motifs is 1. The maximum Gasteiger partial charge on any atom is 0.224 e. The van der Waals surface area contributed by atoms with Gasteiger partial charge in [-0.05, 0) is 82.3 Å². The Morgan fingerprint density at radius 3 is 2.42 bits per heavy atom. The summed E-state index contributed by atoms with van der Waals surface area (Å²) in [6.45, 7) is 8.87. The molecule has 2 aliphatic heterocycles. The van der Waals surface area contributed by atoms with Crippen molar-refractivity contribution in [2.24, 2.45) is 0 Å². The van der Waals surface area contributed by atoms with Gasteiger partial charge in [0, 0.05) is 41.8 Å². The Morgan fingerprint density at radius 1 is 1.10 bits per heavy atom. The van der Waals surface area contributed by atoms with Gasteiger partial charge in [0.05, 0.1) is 12.3 Å². The maximum atomic E-state index is 11.7. The molecule has 31 heavy (non-hydrogen) atoms. The van der Waals surface area contributed by atoms with E-state index in [1.54, 1.807) is 0 Å². The van der Waals surface area contributed by atoms with Crippen LogP contribution in [0.1, 0.15) is 58.1 Å². The zero-order valence-corrected chi connectivity index (χ0v) is 19.1. The van der Waals surface area contributed by atoms with Crippen molar-refractivity contribution in [1.82, 2.24) is 15.5 Å². The normalized spacial score (nSPS) is 20.1. The summed E-state index contributed by atoms with van der Waals surface area (Å²) < 4.78 is 0. The molecule has 2 aliphatic rings. The number of nitrogens with zero attached hydrogens (tertiary/aromatic N) is 3. The lowest BCUT2D eigenvalue weighted by molar-refractivity contribution is -0.116. The summed E-state index contributed by atoms with van der Waals surface area (Å²) in [6.07, 6.45) is 3.22. The molecule has 0 saturated carbocycles. The maximum absolute atomic E-state index is 11.7. The number of amides is 1. The van der Waals surface area contributed by atoms with Gasteiger partial charge in [-0.1, -0.05) is 0 Å². The monoisotopic (exact) mass is 423 g/mol. The van der Waals surface area contributed by atoms with Crippen molar-refractivity contribution >= 4 is 17.4 Å². The predicted molar refractivity (Wildman–Crippen MR) is 123 cm³/mol. The number of nitrogens with one attached hydrogen (secondary N) is 2. The third-order valence-electron chi connectivity index (χ3n) is 6.40. The van der Waals surface area contributed by atoms with Crippen LogP contribution in [0.5, 0.6) is 0 Å². The molecule has 0 atom stereocenters. The van der Waals surface area contributed by atoms with Crippen LogP contribution >= 0.6 is 0 Å². The van der Waals surface area contributed by atoms with Crippen molar-refractivity contribution in [3.63, 3.8) is 0 Å². The molecule has 0 unspecified atom stereocenters. The van der Waals surface area contributed by atoms with E-state index >= 15 is 0 Å². The number of aromatic nitrogens is 2. The van der Waals surface area contributed by atoms with E-state index in [1.807, 2.05) is 24.3 Å². The highest BCUT2D eigenvalue weighted by molar-refractivity contribution is 5.94. The fourth-order valence-corrected chi connectivity index (χ4v) is 5.23. The standard InChI is InChI=1S/C24H33N5O2/c1-23(2)12-17(13-24(3,4)28-23)29(5)21-8-7-19(26-27-21)18-10-15-6-9-22(31)25-20(15)11-16(18)14-30/h7-8,10-11,17,28,30H,6,9,12-14H2,1-5H3,(H,25,31). The quantitative estimate of drug-likeness (QED) is 0.699. The summed E-state index contributed by atoms with van der Waals surface area (Å²) in [5.41, 5.74) is 4.29. The van der Waals surface area contributed by atoms with E-state index in [9.17, 15) is 9.90 Å². The fourth-order valence-electron chi connectivity index (χ4n) is 5.23. The summed E-state index contributed by atoms with van der Waals surface area (Å²) in [6, 6.07) is 8.21. The van der Waals surface area contributed by atoms with Crippen LogP contribution in [0.15, 0.2) is 24.3 Å². The minimum absolute atomic E-state index is 0.0144. The van der Waals surface area contributed by atoms with Gasteiger partial charge in [0.1, 0.15) is 0 Å². The molecule has 1 aromatic heterocycles. The minimum Gasteiger partial charge on any atom is -0.392 e. The van der Waals surface area contributed by atoms with Crippen molar-refractivity contribution in [3.05, 3.63) is 35.4 Å². The molecule has 0 radical (unpaired) electrons. The van der Waals surface area contributed by atoms with Crippen molar-refractivity contribution in [2.45, 2.75) is 77.1 Å². The van der Waals surface area contributed by atoms with Gasteiger partial charge in [0.2, 0.25) is 5.91 Å². The summed E-state index contributed by atoms with van der Waals surface area (Å²) in [4.78, 5) is 13.9. The van der Waals surface area contributed by atoms with Gasteiger partial charge in [-0.2, -0.15) is 0 Å². The summed E-state index contributed by atoms with van der Waals surface area (Å²) in [7, 11) is 2.09. The Hall–Kier alpha value is -2.51. The number of hydrogen-bond donors (Lipinski definition) is 3. The highest BCUT2D eigenvalue weighted by atomic mass is 16.3. The average molecular weight is 424 g/mol. The Kier molecular flexibility index (Phi) is 5.52. The van der Waals surface area contributed by atoms with Gasteiger partial charge < -0.3 is 20.6 Å². The van der Waals surface area contributed by atoms with E-state index < -0.39 is 0 Å². The largest absolute Gasteiger partial charge is 0.392 e. The first-order valence-corrected chi connectivity index (χ1v) is 11.0. The number of carbonyl (C=O) groups excluding carboxylic acids is 1. The molecule has 1 saturated heterocycles. The molecule has 0 bridgehead atoms. The van der Waals surface area contributed by atoms with Crippen molar-refractivity contribution in [2.75, 3.05) is 17.3 Å². The van der Waals surface area contributed by atoms with E-state index in [0.717, 1.165) is 46.7 Å². The molecule has 7 heteroatoms. The van der Waals surface area contributed by atoms with Crippen LogP contribution in [0.3, 0.4) is 0 Å². The first-order chi connectivity index (χ1) is 14.6. The molecule has 3 N–H and O–H groups in total. The molecule has 0 spiro atoms. The number of aliphatic hydroxyl groups excluding tert-OH is 1. The van der Waals surface area contributed by atoms with Gasteiger partial charge in [-0.25, -0.2) is 0 Å². The van der Waals surface area contributed by atoms with Crippen LogP contribution in [0, 0.1) is 0 Å². The number of carbonyl (C=O) groups is 1. The third-order valence-corrected chi connectivity index (χ3v) is 6.40. The minimum atomic E-state index is -0.124. The highest BCUT2D eigenvalue weighted by Crippen LogP contribution is 2.34. The van der Waals surface area contributed by atoms with Crippen LogP contribution < -0.4 is 15.5 Å². The van der Waals surface area contributed by atoms with E-state index in [-0.39, 0.29) is 23.6 Å². The zero-order chi connectivity index (χ0) is 22.4. The lowest BCUT2D eigenvalue weighted by Gasteiger charge is -2.49. The van der Waals surface area contributed by atoms with Gasteiger partial charge in [0.15, 0.2) is 5.82 Å². The Morgan fingerprint density at radius 2 is 1.81 bits per heavy atom. The van der Waals surface area contributed by atoms with Gasteiger partial charge in [-0.3, -0.25) is 4.79 Å². The Bertz CT molecular complexity index is 968. The fraction of sp³-hybridized carbons (Fsp3) is 0.542. The molecule has 3 heterocycles. The SMILES string of the molecule is CN(c1ccc(-c2cc3c(cc2CO)NC(=O)CC3)nn1)C1CC(C)(C)NC(C)(C)C1. The lowest BCUT2D eigenvalue weighted by atomic mass is 9.79. The lowest BCUT2D eigenvalue weighted by Crippen LogP contribution is -2.62. The second-order valence-electron chi connectivity index (χ2n) is 10.2. The average Bonchev–Trinajstić information content (AvgIpc) is 2.70. The number of hydrogen-bond acceptors (Lipinski definition) is 6. The summed E-state index contributed by atoms with van der Waals surface area (Å²) in [5.74, 6) is 0.860. The molecule has 166 valence electrons. The number of benzene rings is 1. The molecule has 2 aromatic rings. The van der Waals surface area contributed by atoms with Crippen LogP contribution in [-0.4, -0.2) is 45.4 Å². The molecular formula is C24H33N5O2. The first-order valence-electron chi connectivity index (χ1n) is 11.0. The molecule has 7 nitrogen and oxygen atoms in total. The van der Waals surface area contributed by atoms with Crippen LogP contribution in [0.2, 0.25) is 0 Å². The van der Waals surface area contributed by atoms with Gasteiger partial charge >= 0.3 is 0 Å². The number of rotatable bonds is 4. The van der Waals surface area contributed by atoms with Crippen molar-refractivity contribution < 1.29 is 9.90 Å². The molecule has 1 amide bonds. The molecule has 4 rings (SSSR count). The number of aliphatic hydroxyl groups is 1. The van der Waals surface area contributed by atoms with Crippen molar-refractivity contribution in [3.8, 4) is 11.3 Å². The smallest absolute Gasteiger partial charge is 0.224 e. The summed E-state index contributed by atoms with van der Waals surface area (Å²) in [5, 5.41) is 25.5. The van der Waals surface area contributed by atoms with Gasteiger partial charge in [-0.15, -0.1) is 10.2 Å². The van der Waals surface area contributed by atoms with E-state index in [1.165, 1.54) is 0 Å². The van der Waals surface area contributed by atoms with Crippen LogP contribution in [0.4, 0.5) is 11.5 Å². The number of aryl methyl sites for hydroxylation is 1. The predicted octanol–water partition coefficient (Wildman–Crippen LogP) is 3.27. The molecule has 1 fully saturated rings. The molecule has 0 aliphatic carbocycles. The Labute approximate surface area is 184 Å². The first kappa shape index (κ1) is 21.7. The zero-order valence-electron chi connectivity index (χ0n) is 19.1. The second kappa shape index (κ2) is 7.88. The number of piperidine rings is 1. The Balaban J connectivity index is 1.59. The highest BCUT2D eigenvalue weighted by Gasteiger charge is 2.39. The summed E-state index contributed by atoms with van der Waals surface area (Å²) >= 11 is 0. The van der Waals surface area contributed by atoms with Crippen molar-refractivity contribution in [1.29, 1.82) is 0 Å². The van der Waals surface area contributed by atoms with Gasteiger partial charge in [0.25, 0.3) is 0 Å². The van der Waals surface area contributed by atoms with Crippen LogP contribution in [-0.2, 0) is 17.8 Å². The van der Waals surface area contributed by atoms with Crippen LogP contribution in [0.25, 0.3) is 11.3 Å². The molecule has 1 aromatic carbocycles. The number of anilines is 2. The van der Waals surface area contributed by atoms with E-state index in [2.05, 4.69) is 60.5 Å². The third kappa shape index (κ3) is 4.57.